The van der Waals surface area contributed by atoms with E-state index in [-0.39, 0.29) is 16.2 Å². The fourth-order valence-corrected chi connectivity index (χ4v) is 4.70. The summed E-state index contributed by atoms with van der Waals surface area (Å²) in [6.07, 6.45) is 0. The molecule has 0 spiro atoms. The lowest BCUT2D eigenvalue weighted by Gasteiger charge is -2.27. The van der Waals surface area contributed by atoms with Gasteiger partial charge in [0.2, 0.25) is 10.6 Å². The van der Waals surface area contributed by atoms with Gasteiger partial charge in [-0.25, -0.2) is 0 Å². The van der Waals surface area contributed by atoms with Crippen LogP contribution in [-0.2, 0) is 0 Å². The standard InChI is InChI=1S/C22H16N2O4S/c1-11-23-20(25)18-16(12-7-9-13(27-2)10-8-12)17-19(28-21(18)24-11)14-5-3-4-6-15(14)29-22(17)26/h3-10,16H,1-2H3,(H,23,24,25). The number of hydrogen-bond acceptors (Lipinski definition) is 6. The molecule has 3 heterocycles. The van der Waals surface area contributed by atoms with Gasteiger partial charge in [-0.05, 0) is 36.8 Å². The highest BCUT2D eigenvalue weighted by Crippen LogP contribution is 2.47. The molecule has 1 N–H and O–H groups in total. The first kappa shape index (κ1) is 17.6. The van der Waals surface area contributed by atoms with Gasteiger partial charge in [0.15, 0.2) is 0 Å². The normalized spacial score (nSPS) is 14.8. The summed E-state index contributed by atoms with van der Waals surface area (Å²) in [5, 5.41) is 0.830. The van der Waals surface area contributed by atoms with E-state index in [0.717, 1.165) is 27.0 Å². The quantitative estimate of drug-likeness (QED) is 0.482. The zero-order valence-corrected chi connectivity index (χ0v) is 16.5. The predicted molar refractivity (Wildman–Crippen MR) is 112 cm³/mol. The Bertz CT molecular complexity index is 1370. The predicted octanol–water partition coefficient (Wildman–Crippen LogP) is 3.95. The number of nitrogens with one attached hydrogen (secondary N) is 1. The van der Waals surface area contributed by atoms with E-state index in [4.69, 9.17) is 9.47 Å². The van der Waals surface area contributed by atoms with Crippen LogP contribution < -0.4 is 19.8 Å². The Hall–Kier alpha value is -3.45. The molecule has 0 aliphatic carbocycles. The molecule has 6 nitrogen and oxygen atoms in total. The molecule has 0 bridgehead atoms. The summed E-state index contributed by atoms with van der Waals surface area (Å²) in [5.41, 5.74) is 1.29. The second-order valence-electron chi connectivity index (χ2n) is 6.81. The largest absolute Gasteiger partial charge is 0.497 e. The van der Waals surface area contributed by atoms with E-state index in [1.54, 1.807) is 14.0 Å². The minimum atomic E-state index is -0.579. The maximum absolute atomic E-state index is 13.2. The van der Waals surface area contributed by atoms with Crippen LogP contribution in [0.3, 0.4) is 0 Å². The molecule has 29 heavy (non-hydrogen) atoms. The lowest BCUT2D eigenvalue weighted by atomic mass is 9.85. The van der Waals surface area contributed by atoms with Crippen LogP contribution in [0.25, 0.3) is 10.1 Å². The molecule has 2 aromatic heterocycles. The van der Waals surface area contributed by atoms with Crippen molar-refractivity contribution >= 4 is 21.4 Å². The molecule has 2 aromatic carbocycles. The zero-order chi connectivity index (χ0) is 20.1. The first-order chi connectivity index (χ1) is 14.1. The number of fused-ring (bicyclic) bond motifs is 4. The Morgan fingerprint density at radius 1 is 1.07 bits per heavy atom. The summed E-state index contributed by atoms with van der Waals surface area (Å²) < 4.78 is 12.0. The van der Waals surface area contributed by atoms with Gasteiger partial charge in [-0.3, -0.25) is 9.59 Å². The monoisotopic (exact) mass is 404 g/mol. The van der Waals surface area contributed by atoms with Crippen molar-refractivity contribution in [3.63, 3.8) is 0 Å². The first-order valence-corrected chi connectivity index (χ1v) is 9.87. The van der Waals surface area contributed by atoms with E-state index < -0.39 is 5.92 Å². The van der Waals surface area contributed by atoms with E-state index in [1.807, 2.05) is 48.5 Å². The van der Waals surface area contributed by atoms with Crippen molar-refractivity contribution in [3.05, 3.63) is 90.9 Å². The highest BCUT2D eigenvalue weighted by molar-refractivity contribution is 7.16. The van der Waals surface area contributed by atoms with E-state index in [2.05, 4.69) is 9.97 Å². The third-order valence-corrected chi connectivity index (χ3v) is 6.04. The van der Waals surface area contributed by atoms with Gasteiger partial charge in [0, 0.05) is 10.1 Å². The molecule has 4 aromatic rings. The second-order valence-corrected chi connectivity index (χ2v) is 7.82. The van der Waals surface area contributed by atoms with E-state index in [0.29, 0.717) is 28.5 Å². The molecule has 7 heteroatoms. The summed E-state index contributed by atoms with van der Waals surface area (Å²) in [5.74, 6) is 1.28. The highest BCUT2D eigenvalue weighted by atomic mass is 32.1. The Labute approximate surface area is 169 Å². The zero-order valence-electron chi connectivity index (χ0n) is 15.7. The SMILES string of the molecule is COc1ccc(C2c3c(nc(C)[nH]c3=O)Oc3c2c(=O)sc2ccccc32)cc1. The average Bonchev–Trinajstić information content (AvgIpc) is 2.72. The van der Waals surface area contributed by atoms with Crippen molar-refractivity contribution in [2.75, 3.05) is 7.11 Å². The molecule has 1 aliphatic rings. The number of aromatic nitrogens is 2. The number of H-pyrrole nitrogens is 1. The van der Waals surface area contributed by atoms with Gasteiger partial charge in [0.05, 0.1) is 24.2 Å². The molecule has 0 radical (unpaired) electrons. The van der Waals surface area contributed by atoms with Crippen molar-refractivity contribution in [2.45, 2.75) is 12.8 Å². The molecule has 1 atom stereocenters. The number of rotatable bonds is 2. The van der Waals surface area contributed by atoms with Gasteiger partial charge < -0.3 is 14.5 Å². The molecule has 0 saturated heterocycles. The van der Waals surface area contributed by atoms with Crippen LogP contribution in [0.1, 0.15) is 28.4 Å². The third kappa shape index (κ3) is 2.74. The molecule has 0 saturated carbocycles. The summed E-state index contributed by atoms with van der Waals surface area (Å²) in [6, 6.07) is 14.9. The van der Waals surface area contributed by atoms with Gasteiger partial charge in [-0.15, -0.1) is 0 Å². The summed E-state index contributed by atoms with van der Waals surface area (Å²) in [6.45, 7) is 1.70. The Balaban J connectivity index is 1.88. The number of benzene rings is 2. The maximum atomic E-state index is 13.2. The van der Waals surface area contributed by atoms with Crippen LogP contribution in [0.2, 0.25) is 0 Å². The topological polar surface area (TPSA) is 81.3 Å². The molecule has 144 valence electrons. The van der Waals surface area contributed by atoms with Crippen LogP contribution in [0.5, 0.6) is 17.4 Å². The number of ether oxygens (including phenoxy) is 2. The summed E-state index contributed by atoms with van der Waals surface area (Å²) in [7, 11) is 1.59. The van der Waals surface area contributed by atoms with Crippen LogP contribution in [0.4, 0.5) is 0 Å². The fraction of sp³-hybridized carbons (Fsp3) is 0.136. The lowest BCUT2D eigenvalue weighted by molar-refractivity contribution is 0.414. The minimum Gasteiger partial charge on any atom is -0.497 e. The number of methoxy groups -OCH3 is 1. The van der Waals surface area contributed by atoms with E-state index >= 15 is 0 Å². The lowest BCUT2D eigenvalue weighted by Crippen LogP contribution is -2.28. The van der Waals surface area contributed by atoms with Crippen molar-refractivity contribution < 1.29 is 9.47 Å². The molecule has 1 aliphatic heterocycles. The van der Waals surface area contributed by atoms with E-state index in [9.17, 15) is 9.59 Å². The van der Waals surface area contributed by atoms with Crippen molar-refractivity contribution in [3.8, 4) is 17.4 Å². The Kier molecular flexibility index (Phi) is 3.99. The van der Waals surface area contributed by atoms with Gasteiger partial charge in [0.25, 0.3) is 5.56 Å². The average molecular weight is 404 g/mol. The first-order valence-electron chi connectivity index (χ1n) is 9.05. The van der Waals surface area contributed by atoms with Crippen molar-refractivity contribution in [1.82, 2.24) is 9.97 Å². The molecule has 5 rings (SSSR count). The number of aromatic amines is 1. The van der Waals surface area contributed by atoms with E-state index in [1.165, 1.54) is 0 Å². The molecular formula is C22H16N2O4S. The van der Waals surface area contributed by atoms with Crippen molar-refractivity contribution in [1.29, 1.82) is 0 Å². The Morgan fingerprint density at radius 2 is 1.83 bits per heavy atom. The van der Waals surface area contributed by atoms with Gasteiger partial charge in [0.1, 0.15) is 17.3 Å². The van der Waals surface area contributed by atoms with Gasteiger partial charge in [-0.2, -0.15) is 4.98 Å². The van der Waals surface area contributed by atoms with Gasteiger partial charge in [-0.1, -0.05) is 35.6 Å². The molecule has 0 amide bonds. The summed E-state index contributed by atoms with van der Waals surface area (Å²) >= 11 is 1.15. The number of hydrogen-bond donors (Lipinski definition) is 1. The fourth-order valence-electron chi connectivity index (χ4n) is 3.77. The number of aryl methyl sites for hydroxylation is 1. The van der Waals surface area contributed by atoms with Crippen LogP contribution >= 0.6 is 11.3 Å². The van der Waals surface area contributed by atoms with Crippen LogP contribution in [-0.4, -0.2) is 17.1 Å². The smallest absolute Gasteiger partial charge is 0.258 e. The number of nitrogens with zero attached hydrogens (tertiary/aromatic N) is 1. The molecular weight excluding hydrogens is 388 g/mol. The minimum absolute atomic E-state index is 0.134. The van der Waals surface area contributed by atoms with Crippen molar-refractivity contribution in [2.24, 2.45) is 0 Å². The third-order valence-electron chi connectivity index (χ3n) is 5.06. The molecule has 0 fully saturated rings. The van der Waals surface area contributed by atoms with Crippen LogP contribution in [0.15, 0.2) is 58.1 Å². The summed E-state index contributed by atoms with van der Waals surface area (Å²) in [4.78, 5) is 33.2. The second kappa shape index (κ2) is 6.56. The Morgan fingerprint density at radius 3 is 2.59 bits per heavy atom. The van der Waals surface area contributed by atoms with Gasteiger partial charge >= 0.3 is 0 Å². The maximum Gasteiger partial charge on any atom is 0.258 e. The molecule has 1 unspecified atom stereocenters. The highest BCUT2D eigenvalue weighted by Gasteiger charge is 2.36. The van der Waals surface area contributed by atoms with Crippen LogP contribution in [0, 0.1) is 6.92 Å².